The van der Waals surface area contributed by atoms with E-state index < -0.39 is 0 Å². The minimum atomic E-state index is 0.161. The van der Waals surface area contributed by atoms with E-state index in [2.05, 4.69) is 36.1 Å². The number of nitrogens with zero attached hydrogens (tertiary/aromatic N) is 1. The molecule has 1 aromatic carbocycles. The molecule has 0 bridgehead atoms. The lowest BCUT2D eigenvalue weighted by molar-refractivity contribution is 0.234. The fourth-order valence-electron chi connectivity index (χ4n) is 2.66. The Bertz CT molecular complexity index is 310. The highest BCUT2D eigenvalue weighted by Crippen LogP contribution is 2.22. The van der Waals surface area contributed by atoms with E-state index in [1.165, 1.54) is 31.4 Å². The van der Waals surface area contributed by atoms with Gasteiger partial charge < -0.3 is 5.73 Å². The topological polar surface area (TPSA) is 29.3 Å². The summed E-state index contributed by atoms with van der Waals surface area (Å²) >= 11 is 0. The first-order valence-electron chi connectivity index (χ1n) is 6.36. The van der Waals surface area contributed by atoms with Crippen molar-refractivity contribution in [2.45, 2.75) is 38.3 Å². The van der Waals surface area contributed by atoms with Crippen molar-refractivity contribution in [3.63, 3.8) is 0 Å². The van der Waals surface area contributed by atoms with Crippen molar-refractivity contribution in [3.8, 4) is 0 Å². The number of rotatable bonds is 4. The van der Waals surface area contributed by atoms with Crippen LogP contribution in [0.1, 0.15) is 37.8 Å². The summed E-state index contributed by atoms with van der Waals surface area (Å²) in [6, 6.07) is 11.3. The summed E-state index contributed by atoms with van der Waals surface area (Å²) in [5, 5.41) is 0. The van der Waals surface area contributed by atoms with Gasteiger partial charge in [-0.15, -0.1) is 0 Å². The Morgan fingerprint density at radius 3 is 2.81 bits per heavy atom. The highest BCUT2D eigenvalue weighted by Gasteiger charge is 2.24. The fraction of sp³-hybridized carbons (Fsp3) is 0.571. The average molecular weight is 218 g/mol. The Hall–Kier alpha value is -0.860. The molecule has 1 aromatic rings. The fourth-order valence-corrected chi connectivity index (χ4v) is 2.66. The molecule has 1 saturated heterocycles. The zero-order valence-corrected chi connectivity index (χ0v) is 10.1. The van der Waals surface area contributed by atoms with Crippen molar-refractivity contribution in [1.29, 1.82) is 0 Å². The Balaban J connectivity index is 1.94. The molecule has 0 amide bonds. The molecule has 1 heterocycles. The average Bonchev–Trinajstić information content (AvgIpc) is 2.77. The lowest BCUT2D eigenvalue weighted by Gasteiger charge is -2.26. The molecule has 88 valence electrons. The molecule has 0 aromatic heterocycles. The third-order valence-corrected chi connectivity index (χ3v) is 3.63. The van der Waals surface area contributed by atoms with Crippen molar-refractivity contribution >= 4 is 0 Å². The highest BCUT2D eigenvalue weighted by atomic mass is 15.2. The van der Waals surface area contributed by atoms with Crippen molar-refractivity contribution in [1.82, 2.24) is 4.90 Å². The molecular formula is C14H22N2. The quantitative estimate of drug-likeness (QED) is 0.841. The minimum absolute atomic E-state index is 0.161. The molecule has 1 aliphatic heterocycles. The van der Waals surface area contributed by atoms with Crippen LogP contribution < -0.4 is 5.73 Å². The van der Waals surface area contributed by atoms with Gasteiger partial charge in [0.15, 0.2) is 0 Å². The summed E-state index contributed by atoms with van der Waals surface area (Å²) in [5.41, 5.74) is 7.50. The molecule has 0 radical (unpaired) electrons. The van der Waals surface area contributed by atoms with E-state index in [9.17, 15) is 0 Å². The molecule has 1 fully saturated rings. The van der Waals surface area contributed by atoms with Crippen molar-refractivity contribution < 1.29 is 0 Å². The third kappa shape index (κ3) is 2.63. The normalized spacial score (nSPS) is 23.5. The molecule has 16 heavy (non-hydrogen) atoms. The third-order valence-electron chi connectivity index (χ3n) is 3.63. The first-order valence-corrected chi connectivity index (χ1v) is 6.36. The lowest BCUT2D eigenvalue weighted by Crippen LogP contribution is -2.35. The molecule has 1 aliphatic rings. The molecule has 0 spiro atoms. The molecule has 2 N–H and O–H groups in total. The zero-order valence-electron chi connectivity index (χ0n) is 10.1. The number of benzene rings is 1. The van der Waals surface area contributed by atoms with Gasteiger partial charge in [-0.05, 0) is 31.4 Å². The van der Waals surface area contributed by atoms with Crippen LogP contribution in [0.15, 0.2) is 30.3 Å². The van der Waals surface area contributed by atoms with Crippen LogP contribution in [0.5, 0.6) is 0 Å². The van der Waals surface area contributed by atoms with E-state index in [0.717, 1.165) is 12.6 Å². The Morgan fingerprint density at radius 1 is 1.38 bits per heavy atom. The van der Waals surface area contributed by atoms with Gasteiger partial charge in [0.1, 0.15) is 0 Å². The van der Waals surface area contributed by atoms with E-state index in [-0.39, 0.29) is 6.04 Å². The van der Waals surface area contributed by atoms with E-state index in [4.69, 9.17) is 5.73 Å². The van der Waals surface area contributed by atoms with Gasteiger partial charge in [0, 0.05) is 18.6 Å². The maximum Gasteiger partial charge on any atom is 0.0424 e. The summed E-state index contributed by atoms with van der Waals surface area (Å²) in [5.74, 6) is 0. The summed E-state index contributed by atoms with van der Waals surface area (Å²) in [4.78, 5) is 2.55. The second-order valence-electron chi connectivity index (χ2n) is 4.72. The van der Waals surface area contributed by atoms with Gasteiger partial charge in [-0.2, -0.15) is 0 Å². The first kappa shape index (κ1) is 11.6. The predicted molar refractivity (Wildman–Crippen MR) is 68.3 cm³/mol. The van der Waals surface area contributed by atoms with Gasteiger partial charge in [-0.3, -0.25) is 4.90 Å². The predicted octanol–water partition coefficient (Wildman–Crippen LogP) is 2.56. The molecular weight excluding hydrogens is 196 g/mol. The van der Waals surface area contributed by atoms with E-state index in [1.54, 1.807) is 0 Å². The van der Waals surface area contributed by atoms with Crippen LogP contribution in [0.4, 0.5) is 0 Å². The SMILES string of the molecule is CC[C@H]1CCCN1C[C@@H](N)c1ccccc1. The van der Waals surface area contributed by atoms with Gasteiger partial charge in [-0.1, -0.05) is 37.3 Å². The van der Waals surface area contributed by atoms with E-state index in [1.807, 2.05) is 6.07 Å². The molecule has 2 atom stereocenters. The van der Waals surface area contributed by atoms with Crippen LogP contribution in [0, 0.1) is 0 Å². The summed E-state index contributed by atoms with van der Waals surface area (Å²) in [6.45, 7) is 4.50. The minimum Gasteiger partial charge on any atom is -0.323 e. The Morgan fingerprint density at radius 2 is 2.12 bits per heavy atom. The number of nitrogens with two attached hydrogens (primary N) is 1. The maximum atomic E-state index is 6.25. The molecule has 2 nitrogen and oxygen atoms in total. The highest BCUT2D eigenvalue weighted by molar-refractivity contribution is 5.18. The Kier molecular flexibility index (Phi) is 3.97. The van der Waals surface area contributed by atoms with Gasteiger partial charge in [-0.25, -0.2) is 0 Å². The van der Waals surface area contributed by atoms with E-state index in [0.29, 0.717) is 0 Å². The first-order chi connectivity index (χ1) is 7.81. The molecule has 2 heteroatoms. The monoisotopic (exact) mass is 218 g/mol. The van der Waals surface area contributed by atoms with E-state index >= 15 is 0 Å². The van der Waals surface area contributed by atoms with Crippen LogP contribution in [0.25, 0.3) is 0 Å². The van der Waals surface area contributed by atoms with Crippen LogP contribution in [-0.4, -0.2) is 24.0 Å². The Labute approximate surface area is 98.4 Å². The van der Waals surface area contributed by atoms with Gasteiger partial charge in [0.05, 0.1) is 0 Å². The van der Waals surface area contributed by atoms with Gasteiger partial charge in [0.2, 0.25) is 0 Å². The van der Waals surface area contributed by atoms with Gasteiger partial charge in [0.25, 0.3) is 0 Å². The molecule has 0 saturated carbocycles. The summed E-state index contributed by atoms with van der Waals surface area (Å²) < 4.78 is 0. The molecule has 0 aliphatic carbocycles. The van der Waals surface area contributed by atoms with Crippen molar-refractivity contribution in [2.75, 3.05) is 13.1 Å². The number of hydrogen-bond acceptors (Lipinski definition) is 2. The maximum absolute atomic E-state index is 6.25. The number of likely N-dealkylation sites (tertiary alicyclic amines) is 1. The van der Waals surface area contributed by atoms with Crippen molar-refractivity contribution in [3.05, 3.63) is 35.9 Å². The van der Waals surface area contributed by atoms with Crippen LogP contribution >= 0.6 is 0 Å². The molecule has 2 rings (SSSR count). The standard InChI is InChI=1S/C14H22N2/c1-2-13-9-6-10-16(13)11-14(15)12-7-4-3-5-8-12/h3-5,7-8,13-14H,2,6,9-11,15H2,1H3/t13-,14+/m0/s1. The number of hydrogen-bond donors (Lipinski definition) is 1. The smallest absolute Gasteiger partial charge is 0.0424 e. The molecule has 0 unspecified atom stereocenters. The second kappa shape index (κ2) is 5.46. The summed E-state index contributed by atoms with van der Waals surface area (Å²) in [7, 11) is 0. The van der Waals surface area contributed by atoms with Crippen LogP contribution in [0.2, 0.25) is 0 Å². The van der Waals surface area contributed by atoms with Crippen LogP contribution in [-0.2, 0) is 0 Å². The zero-order chi connectivity index (χ0) is 11.4. The van der Waals surface area contributed by atoms with Crippen LogP contribution in [0.3, 0.4) is 0 Å². The second-order valence-corrected chi connectivity index (χ2v) is 4.72. The van der Waals surface area contributed by atoms with Gasteiger partial charge >= 0.3 is 0 Å². The van der Waals surface area contributed by atoms with Crippen molar-refractivity contribution in [2.24, 2.45) is 5.73 Å². The lowest BCUT2D eigenvalue weighted by atomic mass is 10.1. The summed E-state index contributed by atoms with van der Waals surface area (Å²) in [6.07, 6.45) is 3.93. The largest absolute Gasteiger partial charge is 0.323 e.